The minimum Gasteiger partial charge on any atom is -0.465 e. The Balaban J connectivity index is 1.54. The van der Waals surface area contributed by atoms with Gasteiger partial charge in [-0.2, -0.15) is 0 Å². The first-order valence-corrected chi connectivity index (χ1v) is 13.3. The summed E-state index contributed by atoms with van der Waals surface area (Å²) < 4.78 is 12.9. The number of hydrogen-bond donors (Lipinski definition) is 0. The van der Waals surface area contributed by atoms with Gasteiger partial charge in [-0.05, 0) is 81.3 Å². The number of piperazine rings is 1. The summed E-state index contributed by atoms with van der Waals surface area (Å²) in [5, 5.41) is 0. The summed E-state index contributed by atoms with van der Waals surface area (Å²) in [5.74, 6) is 0.220. The summed E-state index contributed by atoms with van der Waals surface area (Å²) in [6.07, 6.45) is 7.14. The van der Waals surface area contributed by atoms with Gasteiger partial charge >= 0.3 is 12.1 Å². The van der Waals surface area contributed by atoms with E-state index in [-0.39, 0.29) is 23.9 Å². The number of benzene rings is 1. The highest BCUT2D eigenvalue weighted by Gasteiger charge is 2.38. The van der Waals surface area contributed by atoms with Crippen LogP contribution in [0.4, 0.5) is 4.79 Å². The SMILES string of the molecule is CCCC(CC1CN(C(C)=O)[C@@H](C)CN1C(=O)Oc1ccc(C(=O)OC)cc1)c1cc(C)n(C2CC2)c1. The average Bonchev–Trinajstić information content (AvgIpc) is 3.65. The highest BCUT2D eigenvalue weighted by Crippen LogP contribution is 2.39. The standard InChI is InChI=1S/C29H39N3O5/c1-6-7-23(24-14-19(2)31(17-24)25-10-11-25)15-26-18-30(21(4)33)20(3)16-32(26)29(35)37-27-12-8-22(9-13-27)28(34)36-5/h8-9,12-14,17,20,23,25-26H,6-7,10-11,15-16,18H2,1-5H3/t20-,23?,26?/m0/s1. The molecule has 2 amide bonds. The van der Waals surface area contributed by atoms with Gasteiger partial charge in [-0.3, -0.25) is 4.79 Å². The molecule has 0 bridgehead atoms. The van der Waals surface area contributed by atoms with Crippen LogP contribution in [0.25, 0.3) is 0 Å². The molecule has 37 heavy (non-hydrogen) atoms. The topological polar surface area (TPSA) is 81.1 Å². The van der Waals surface area contributed by atoms with Gasteiger partial charge in [0.2, 0.25) is 5.91 Å². The lowest BCUT2D eigenvalue weighted by atomic mass is 9.88. The molecule has 1 aliphatic carbocycles. The van der Waals surface area contributed by atoms with Crippen LogP contribution in [0.5, 0.6) is 5.75 Å². The number of aryl methyl sites for hydroxylation is 1. The van der Waals surface area contributed by atoms with Gasteiger partial charge in [0.05, 0.1) is 18.7 Å². The van der Waals surface area contributed by atoms with Crippen molar-refractivity contribution in [3.63, 3.8) is 0 Å². The number of amides is 2. The molecule has 2 fully saturated rings. The Labute approximate surface area is 219 Å². The van der Waals surface area contributed by atoms with Gasteiger partial charge in [-0.15, -0.1) is 0 Å². The number of aromatic nitrogens is 1. The number of nitrogens with zero attached hydrogens (tertiary/aromatic N) is 3. The molecule has 4 rings (SSSR count). The molecular formula is C29H39N3O5. The number of carbonyl (C=O) groups is 3. The summed E-state index contributed by atoms with van der Waals surface area (Å²) in [5.41, 5.74) is 2.98. The molecule has 200 valence electrons. The Kier molecular flexibility index (Phi) is 8.25. The van der Waals surface area contributed by atoms with Crippen LogP contribution in [0.15, 0.2) is 36.5 Å². The van der Waals surface area contributed by atoms with E-state index in [0.717, 1.165) is 19.3 Å². The summed E-state index contributed by atoms with van der Waals surface area (Å²) in [4.78, 5) is 41.2. The Morgan fingerprint density at radius 1 is 1.08 bits per heavy atom. The van der Waals surface area contributed by atoms with E-state index in [9.17, 15) is 14.4 Å². The molecule has 1 saturated heterocycles. The van der Waals surface area contributed by atoms with Crippen molar-refractivity contribution in [1.29, 1.82) is 0 Å². The number of rotatable bonds is 8. The Bertz CT molecular complexity index is 1120. The molecule has 2 aliphatic rings. The molecule has 1 saturated carbocycles. The molecule has 0 spiro atoms. The fraction of sp³-hybridized carbons (Fsp3) is 0.552. The van der Waals surface area contributed by atoms with Crippen LogP contribution in [0.3, 0.4) is 0 Å². The van der Waals surface area contributed by atoms with Crippen molar-refractivity contribution >= 4 is 18.0 Å². The van der Waals surface area contributed by atoms with Crippen LogP contribution < -0.4 is 4.74 Å². The number of hydrogen-bond acceptors (Lipinski definition) is 5. The molecule has 8 nitrogen and oxygen atoms in total. The zero-order valence-electron chi connectivity index (χ0n) is 22.6. The molecule has 2 aromatic rings. The maximum atomic E-state index is 13.4. The Hall–Kier alpha value is -3.29. The summed E-state index contributed by atoms with van der Waals surface area (Å²) >= 11 is 0. The largest absolute Gasteiger partial charge is 0.465 e. The molecule has 0 N–H and O–H groups in total. The van der Waals surface area contributed by atoms with Crippen LogP contribution in [-0.4, -0.2) is 64.6 Å². The van der Waals surface area contributed by atoms with Crippen LogP contribution >= 0.6 is 0 Å². The summed E-state index contributed by atoms with van der Waals surface area (Å²) in [7, 11) is 1.33. The summed E-state index contributed by atoms with van der Waals surface area (Å²) in [6.45, 7) is 8.80. The summed E-state index contributed by atoms with van der Waals surface area (Å²) in [6, 6.07) is 8.98. The predicted molar refractivity (Wildman–Crippen MR) is 141 cm³/mol. The lowest BCUT2D eigenvalue weighted by Crippen LogP contribution is -2.60. The minimum absolute atomic E-state index is 0.0201. The van der Waals surface area contributed by atoms with Gasteiger partial charge in [0.15, 0.2) is 0 Å². The Morgan fingerprint density at radius 3 is 2.38 bits per heavy atom. The van der Waals surface area contributed by atoms with Gasteiger partial charge in [0.25, 0.3) is 0 Å². The maximum absolute atomic E-state index is 13.4. The van der Waals surface area contributed by atoms with E-state index >= 15 is 0 Å². The molecule has 2 unspecified atom stereocenters. The molecule has 1 aromatic carbocycles. The van der Waals surface area contributed by atoms with Gasteiger partial charge in [-0.1, -0.05) is 13.3 Å². The van der Waals surface area contributed by atoms with E-state index in [1.165, 1.54) is 31.2 Å². The molecule has 0 radical (unpaired) electrons. The van der Waals surface area contributed by atoms with Crippen molar-refractivity contribution < 1.29 is 23.9 Å². The van der Waals surface area contributed by atoms with Crippen LogP contribution in [0.2, 0.25) is 0 Å². The predicted octanol–water partition coefficient (Wildman–Crippen LogP) is 5.31. The fourth-order valence-electron chi connectivity index (χ4n) is 5.52. The van der Waals surface area contributed by atoms with E-state index < -0.39 is 12.1 Å². The highest BCUT2D eigenvalue weighted by atomic mass is 16.6. The molecule has 1 aromatic heterocycles. The molecule has 2 heterocycles. The fourth-order valence-corrected chi connectivity index (χ4v) is 5.52. The van der Waals surface area contributed by atoms with Crippen molar-refractivity contribution in [3.8, 4) is 5.75 Å². The average molecular weight is 510 g/mol. The monoisotopic (exact) mass is 509 g/mol. The van der Waals surface area contributed by atoms with Crippen molar-refractivity contribution in [2.45, 2.75) is 83.8 Å². The highest BCUT2D eigenvalue weighted by molar-refractivity contribution is 5.89. The first-order valence-electron chi connectivity index (χ1n) is 13.3. The van der Waals surface area contributed by atoms with E-state index in [1.807, 2.05) is 11.8 Å². The van der Waals surface area contributed by atoms with Crippen LogP contribution in [0, 0.1) is 6.92 Å². The normalized spacial score (nSPS) is 20.5. The second kappa shape index (κ2) is 11.4. The van der Waals surface area contributed by atoms with E-state index in [0.29, 0.717) is 30.4 Å². The number of methoxy groups -OCH3 is 1. The number of ether oxygens (including phenoxy) is 2. The smallest absolute Gasteiger partial charge is 0.415 e. The zero-order chi connectivity index (χ0) is 26.7. The molecule has 1 aliphatic heterocycles. The number of carbonyl (C=O) groups excluding carboxylic acids is 3. The zero-order valence-corrected chi connectivity index (χ0v) is 22.6. The lowest BCUT2D eigenvalue weighted by molar-refractivity contribution is -0.134. The van der Waals surface area contributed by atoms with E-state index in [2.05, 4.69) is 30.7 Å². The van der Waals surface area contributed by atoms with Gasteiger partial charge in [0.1, 0.15) is 5.75 Å². The van der Waals surface area contributed by atoms with Crippen LogP contribution in [-0.2, 0) is 9.53 Å². The van der Waals surface area contributed by atoms with Crippen molar-refractivity contribution in [3.05, 3.63) is 53.3 Å². The minimum atomic E-state index is -0.445. The van der Waals surface area contributed by atoms with Crippen molar-refractivity contribution in [2.24, 2.45) is 0 Å². The van der Waals surface area contributed by atoms with Crippen molar-refractivity contribution in [2.75, 3.05) is 20.2 Å². The second-order valence-electron chi connectivity index (χ2n) is 10.5. The quantitative estimate of drug-likeness (QED) is 0.451. The maximum Gasteiger partial charge on any atom is 0.415 e. The van der Waals surface area contributed by atoms with E-state index in [1.54, 1.807) is 36.1 Å². The lowest BCUT2D eigenvalue weighted by Gasteiger charge is -2.45. The molecule has 8 heteroatoms. The third-order valence-electron chi connectivity index (χ3n) is 7.64. The third-order valence-corrected chi connectivity index (χ3v) is 7.64. The first-order chi connectivity index (χ1) is 17.7. The third kappa shape index (κ3) is 6.17. The molecule has 3 atom stereocenters. The van der Waals surface area contributed by atoms with E-state index in [4.69, 9.17) is 9.47 Å². The first kappa shape index (κ1) is 26.8. The Morgan fingerprint density at radius 2 is 1.78 bits per heavy atom. The number of esters is 1. The van der Waals surface area contributed by atoms with Crippen LogP contribution in [0.1, 0.15) is 86.5 Å². The van der Waals surface area contributed by atoms with Gasteiger partial charge in [0, 0.05) is 44.0 Å². The van der Waals surface area contributed by atoms with Crippen molar-refractivity contribution in [1.82, 2.24) is 14.4 Å². The second-order valence-corrected chi connectivity index (χ2v) is 10.5. The van der Waals surface area contributed by atoms with Gasteiger partial charge in [-0.25, -0.2) is 9.59 Å². The van der Waals surface area contributed by atoms with Gasteiger partial charge < -0.3 is 23.8 Å². The molecular weight excluding hydrogens is 470 g/mol.